The Balaban J connectivity index is 0.902. The molecule has 13 rings (SSSR count). The molecule has 0 spiro atoms. The third-order valence-electron chi connectivity index (χ3n) is 15.4. The van der Waals surface area contributed by atoms with E-state index >= 15 is 0 Å². The summed E-state index contributed by atoms with van der Waals surface area (Å²) in [6.45, 7) is 8.68. The molecule has 4 aliphatic carbocycles. The van der Waals surface area contributed by atoms with Crippen LogP contribution in [0.1, 0.15) is 79.5 Å². The first-order valence-electron chi connectivity index (χ1n) is 26.6. The van der Waals surface area contributed by atoms with Gasteiger partial charge in [-0.15, -0.1) is 34.6 Å². The minimum atomic E-state index is 0.813. The molecule has 0 bridgehead atoms. The van der Waals surface area contributed by atoms with Crippen LogP contribution in [-0.2, 0) is 0 Å². The molecule has 0 amide bonds. The van der Waals surface area contributed by atoms with Gasteiger partial charge in [0, 0.05) is 37.2 Å². The van der Waals surface area contributed by atoms with Crippen LogP contribution < -0.4 is 31.3 Å². The first kappa shape index (κ1) is 47.6. The predicted octanol–water partition coefficient (Wildman–Crippen LogP) is 12.3. The molecule has 366 valence electrons. The Morgan fingerprint density at radius 3 is 1.74 bits per heavy atom. The van der Waals surface area contributed by atoms with E-state index in [-0.39, 0.29) is 0 Å². The van der Waals surface area contributed by atoms with E-state index in [2.05, 4.69) is 287 Å². The highest BCUT2D eigenvalue weighted by Crippen LogP contribution is 2.45. The van der Waals surface area contributed by atoms with Gasteiger partial charge in [-0.05, 0) is 160 Å². The molecular weight excluding hydrogens is 941 g/mol. The van der Waals surface area contributed by atoms with Crippen molar-refractivity contribution >= 4 is 67.5 Å². The lowest BCUT2D eigenvalue weighted by atomic mass is 9.73. The Labute approximate surface area is 455 Å². The second-order valence-corrected chi connectivity index (χ2v) is 20.3. The molecule has 0 unspecified atom stereocenters. The fourth-order valence-electron chi connectivity index (χ4n) is 11.9. The van der Waals surface area contributed by atoms with E-state index in [9.17, 15) is 0 Å². The van der Waals surface area contributed by atoms with E-state index < -0.39 is 0 Å². The van der Waals surface area contributed by atoms with Crippen LogP contribution in [0.5, 0.6) is 0 Å². The highest BCUT2D eigenvalue weighted by molar-refractivity contribution is 6.14. The van der Waals surface area contributed by atoms with Crippen molar-refractivity contribution in [2.45, 2.75) is 27.7 Å². The predicted molar refractivity (Wildman–Crippen MR) is 324 cm³/mol. The Morgan fingerprint density at radius 1 is 0.526 bits per heavy atom. The minimum absolute atomic E-state index is 0.813. The summed E-state index contributed by atoms with van der Waals surface area (Å²) in [5.41, 5.74) is 32.9. The number of carbonyl (C=O) groups excluding carboxylic acids is 1. The van der Waals surface area contributed by atoms with Crippen LogP contribution in [0.25, 0.3) is 61.7 Å². The van der Waals surface area contributed by atoms with E-state index in [0.717, 1.165) is 93.5 Å². The Hall–Kier alpha value is -10.1. The SMILES string of the molecule is C[O+]=C1c2cccc(C#C[C-]3C=C(C)C(=C=c4c5ccccc5c(=C5C=C[CH-]C=C5)c5ccccc45)C(C)=C3)c2C=c2c1cccc2=C=C=c1cc(C)c(=C=C2c3ccccc3[C+](c3ccccc3)c3ccccc32)c(C)c1. The van der Waals surface area contributed by atoms with Gasteiger partial charge in [0.15, 0.2) is 0 Å². The van der Waals surface area contributed by atoms with Gasteiger partial charge >= 0.3 is 5.78 Å². The third-order valence-corrected chi connectivity index (χ3v) is 15.4. The Morgan fingerprint density at radius 2 is 1.09 bits per heavy atom. The van der Waals surface area contributed by atoms with E-state index in [1.165, 1.54) is 66.1 Å². The van der Waals surface area contributed by atoms with Gasteiger partial charge in [0.1, 0.15) is 0 Å². The monoisotopic (exact) mass is 992 g/mol. The average molecular weight is 993 g/mol. The molecule has 0 saturated heterocycles. The molecule has 1 heteroatoms. The van der Waals surface area contributed by atoms with Gasteiger partial charge in [0.2, 0.25) is 0 Å². The van der Waals surface area contributed by atoms with Crippen LogP contribution in [0.15, 0.2) is 229 Å². The summed E-state index contributed by atoms with van der Waals surface area (Å²) in [6.07, 6.45) is 17.3. The molecule has 9 aromatic carbocycles. The van der Waals surface area contributed by atoms with Crippen molar-refractivity contribution in [3.05, 3.63) is 340 Å². The average Bonchev–Trinajstić information content (AvgIpc) is 3.67. The number of ketones is 1. The number of fused-ring (bicyclic) bond motifs is 6. The van der Waals surface area contributed by atoms with Gasteiger partial charge in [0.05, 0.1) is 39.3 Å². The first-order chi connectivity index (χ1) is 38.3. The van der Waals surface area contributed by atoms with Crippen molar-refractivity contribution in [2.75, 3.05) is 7.11 Å². The quantitative estimate of drug-likeness (QED) is 0.0672. The van der Waals surface area contributed by atoms with Gasteiger partial charge in [-0.1, -0.05) is 127 Å². The molecule has 0 aliphatic heterocycles. The lowest BCUT2D eigenvalue weighted by molar-refractivity contribution is -0.222. The standard InChI is InChI=1S/C77H52O/c1-49-42-53(43-50(2)69(49)46-73-59-28-12-16-32-63(59)75(57-22-8-6-9-23-57)64-33-17-13-29-60(64)73)38-40-55-26-20-36-67-71(55)48-72-56(27-21-37-68(72)77(67)78-5)41-39-54-44-51(3)70(52(4)45-54)47-74-61-30-14-18-34-65(61)76(58-24-10-7-11-25-58)66-35-19-15-31-62(66)74/h6-37,42-45,48H,1-5H3. The number of hydrogen-bond acceptors (Lipinski definition) is 0. The van der Waals surface area contributed by atoms with Gasteiger partial charge in [-0.3, -0.25) is 4.42 Å². The molecule has 0 aromatic heterocycles. The van der Waals surface area contributed by atoms with Crippen LogP contribution in [0.4, 0.5) is 0 Å². The molecule has 78 heavy (non-hydrogen) atoms. The molecule has 0 saturated carbocycles. The van der Waals surface area contributed by atoms with E-state index in [4.69, 9.17) is 4.42 Å². The second-order valence-electron chi connectivity index (χ2n) is 20.3. The van der Waals surface area contributed by atoms with Crippen molar-refractivity contribution in [3.63, 3.8) is 0 Å². The maximum absolute atomic E-state index is 6.22. The van der Waals surface area contributed by atoms with Gasteiger partial charge < -0.3 is 0 Å². The largest absolute Gasteiger partial charge is 0.358 e. The molecule has 0 fully saturated rings. The fraction of sp³-hybridized carbons (Fsp3) is 0.0649. The lowest BCUT2D eigenvalue weighted by Gasteiger charge is -2.24. The molecule has 0 atom stereocenters. The number of benzene rings is 9. The van der Waals surface area contributed by atoms with Crippen LogP contribution in [0, 0.1) is 43.9 Å². The summed E-state index contributed by atoms with van der Waals surface area (Å²) in [6, 6.07) is 62.6. The van der Waals surface area contributed by atoms with E-state index in [0.29, 0.717) is 0 Å². The number of aryl methyl sites for hydroxylation is 2. The molecule has 0 radical (unpaired) electrons. The van der Waals surface area contributed by atoms with Crippen molar-refractivity contribution < 1.29 is 4.42 Å². The molecule has 4 aliphatic rings. The molecule has 1 nitrogen and oxygen atoms in total. The smallest absolute Gasteiger partial charge is 0.257 e. The normalized spacial score (nSPS) is 14.3. The Kier molecular flexibility index (Phi) is 12.1. The fourth-order valence-corrected chi connectivity index (χ4v) is 11.9. The van der Waals surface area contributed by atoms with Crippen molar-refractivity contribution in [3.8, 4) is 11.8 Å². The number of rotatable bonds is 1. The van der Waals surface area contributed by atoms with Gasteiger partial charge in [0.25, 0.3) is 7.11 Å². The van der Waals surface area contributed by atoms with Crippen LogP contribution in [0.3, 0.4) is 0 Å². The zero-order valence-corrected chi connectivity index (χ0v) is 44.3. The molecular formula is C77H52O. The summed E-state index contributed by atoms with van der Waals surface area (Å²) < 4.78 is 6.22. The highest BCUT2D eigenvalue weighted by atomic mass is 16.4. The summed E-state index contributed by atoms with van der Waals surface area (Å²) >= 11 is 0. The van der Waals surface area contributed by atoms with Crippen molar-refractivity contribution in [2.24, 2.45) is 0 Å². The van der Waals surface area contributed by atoms with Crippen LogP contribution in [0.2, 0.25) is 0 Å². The topological polar surface area (TPSA) is 11.3 Å². The number of allylic oxidation sites excluding steroid dienone is 9. The summed E-state index contributed by atoms with van der Waals surface area (Å²) in [7, 11) is 1.75. The Bertz CT molecular complexity index is 4680. The summed E-state index contributed by atoms with van der Waals surface area (Å²) in [5, 5.41) is 11.1. The third kappa shape index (κ3) is 8.39. The number of hydrogen-bond donors (Lipinski definition) is 0. The van der Waals surface area contributed by atoms with Crippen LogP contribution in [-0.4, -0.2) is 12.9 Å². The second kappa shape index (κ2) is 19.9. The van der Waals surface area contributed by atoms with E-state index in [1.54, 1.807) is 7.11 Å². The maximum atomic E-state index is 6.22. The van der Waals surface area contributed by atoms with Crippen molar-refractivity contribution in [1.29, 1.82) is 0 Å². The van der Waals surface area contributed by atoms with Crippen molar-refractivity contribution in [1.82, 2.24) is 0 Å². The van der Waals surface area contributed by atoms with Gasteiger partial charge in [-0.2, -0.15) is 42.6 Å². The lowest BCUT2D eigenvalue weighted by Crippen LogP contribution is -2.34. The molecule has 0 N–H and O–H groups in total. The highest BCUT2D eigenvalue weighted by Gasteiger charge is 2.35. The van der Waals surface area contributed by atoms with E-state index in [1.807, 2.05) is 0 Å². The molecule has 0 heterocycles. The summed E-state index contributed by atoms with van der Waals surface area (Å²) in [4.78, 5) is 0. The zero-order chi connectivity index (χ0) is 52.9. The maximum Gasteiger partial charge on any atom is 0.358 e. The first-order valence-corrected chi connectivity index (χ1v) is 26.6. The van der Waals surface area contributed by atoms with Gasteiger partial charge in [-0.25, -0.2) is 0 Å². The zero-order valence-electron chi connectivity index (χ0n) is 44.3. The minimum Gasteiger partial charge on any atom is -0.257 e. The summed E-state index contributed by atoms with van der Waals surface area (Å²) in [5.74, 6) is 10.2. The van der Waals surface area contributed by atoms with Crippen LogP contribution >= 0.6 is 0 Å². The molecule has 9 aromatic rings.